The number of nitro groups is 2. The van der Waals surface area contributed by atoms with Crippen molar-refractivity contribution in [2.45, 2.75) is 19.4 Å². The molecule has 18 heavy (non-hydrogen) atoms. The van der Waals surface area contributed by atoms with Gasteiger partial charge in [-0.2, -0.15) is 0 Å². The fourth-order valence-corrected chi connectivity index (χ4v) is 1.48. The van der Waals surface area contributed by atoms with Crippen LogP contribution in [0.3, 0.4) is 0 Å². The van der Waals surface area contributed by atoms with Crippen molar-refractivity contribution in [1.29, 1.82) is 0 Å². The van der Waals surface area contributed by atoms with E-state index in [4.69, 9.17) is 0 Å². The summed E-state index contributed by atoms with van der Waals surface area (Å²) in [6, 6.07) is 3.48. The highest BCUT2D eigenvalue weighted by Crippen LogP contribution is 2.29. The number of nitro benzene ring substituents is 2. The van der Waals surface area contributed by atoms with Gasteiger partial charge in [0.2, 0.25) is 0 Å². The summed E-state index contributed by atoms with van der Waals surface area (Å²) in [7, 11) is 0. The first-order valence-electron chi connectivity index (χ1n) is 5.26. The Hall–Kier alpha value is -2.44. The molecule has 7 heteroatoms. The molecule has 0 bridgehead atoms. The Morgan fingerprint density at radius 3 is 2.56 bits per heavy atom. The molecule has 0 fully saturated rings. The average molecular weight is 251 g/mol. The predicted molar refractivity (Wildman–Crippen MR) is 67.6 cm³/mol. The molecule has 1 atom stereocenters. The summed E-state index contributed by atoms with van der Waals surface area (Å²) in [5.74, 6) is 0. The molecule has 0 spiro atoms. The number of hydrogen-bond acceptors (Lipinski definition) is 5. The Bertz CT molecular complexity index is 487. The van der Waals surface area contributed by atoms with Crippen molar-refractivity contribution in [2.75, 3.05) is 5.32 Å². The summed E-state index contributed by atoms with van der Waals surface area (Å²) in [6.07, 6.45) is 2.32. The van der Waals surface area contributed by atoms with E-state index in [1.165, 1.54) is 12.1 Å². The number of rotatable bonds is 6. The lowest BCUT2D eigenvalue weighted by Gasteiger charge is -2.12. The van der Waals surface area contributed by atoms with Gasteiger partial charge in [-0.15, -0.1) is 6.58 Å². The van der Waals surface area contributed by atoms with Crippen LogP contribution in [-0.2, 0) is 0 Å². The molecule has 0 radical (unpaired) electrons. The van der Waals surface area contributed by atoms with Gasteiger partial charge < -0.3 is 5.32 Å². The minimum Gasteiger partial charge on any atom is -0.377 e. The summed E-state index contributed by atoms with van der Waals surface area (Å²) < 4.78 is 0. The van der Waals surface area contributed by atoms with E-state index in [9.17, 15) is 20.2 Å². The first-order chi connectivity index (χ1) is 8.45. The summed E-state index contributed by atoms with van der Waals surface area (Å²) in [5, 5.41) is 24.3. The maximum absolute atomic E-state index is 10.9. The van der Waals surface area contributed by atoms with E-state index in [0.717, 1.165) is 6.07 Å². The van der Waals surface area contributed by atoms with E-state index in [1.807, 2.05) is 6.92 Å². The van der Waals surface area contributed by atoms with Crippen molar-refractivity contribution >= 4 is 17.1 Å². The molecule has 1 aromatic rings. The topological polar surface area (TPSA) is 98.3 Å². The summed E-state index contributed by atoms with van der Waals surface area (Å²) in [4.78, 5) is 20.1. The molecule has 0 saturated carbocycles. The van der Waals surface area contributed by atoms with Crippen LogP contribution in [0.4, 0.5) is 17.1 Å². The standard InChI is InChI=1S/C11H13N3O4/c1-3-4-8(2)12-10-6-5-9(13(15)16)7-11(10)14(17)18/h3,5-8,12H,1,4H2,2H3. The van der Waals surface area contributed by atoms with Gasteiger partial charge in [0.15, 0.2) is 0 Å². The zero-order chi connectivity index (χ0) is 13.7. The molecular formula is C11H13N3O4. The highest BCUT2D eigenvalue weighted by molar-refractivity contribution is 5.65. The summed E-state index contributed by atoms with van der Waals surface area (Å²) in [6.45, 7) is 5.41. The lowest BCUT2D eigenvalue weighted by atomic mass is 10.2. The molecule has 7 nitrogen and oxygen atoms in total. The number of nitrogens with one attached hydrogen (secondary N) is 1. The molecule has 0 heterocycles. The van der Waals surface area contributed by atoms with Crippen LogP contribution in [0.1, 0.15) is 13.3 Å². The Labute approximate surface area is 103 Å². The molecule has 0 aromatic heterocycles. The predicted octanol–water partition coefficient (Wildman–Crippen LogP) is 2.88. The zero-order valence-electron chi connectivity index (χ0n) is 9.83. The van der Waals surface area contributed by atoms with Gasteiger partial charge >= 0.3 is 0 Å². The third-order valence-corrected chi connectivity index (χ3v) is 2.31. The minimum atomic E-state index is -0.663. The molecule has 0 aliphatic heterocycles. The Kier molecular flexibility index (Phi) is 4.36. The van der Waals surface area contributed by atoms with E-state index in [-0.39, 0.29) is 23.1 Å². The molecule has 1 unspecified atom stereocenters. The Morgan fingerprint density at radius 1 is 1.39 bits per heavy atom. The first-order valence-corrected chi connectivity index (χ1v) is 5.26. The van der Waals surface area contributed by atoms with Crippen LogP contribution < -0.4 is 5.32 Å². The van der Waals surface area contributed by atoms with E-state index < -0.39 is 9.85 Å². The number of anilines is 1. The largest absolute Gasteiger partial charge is 0.377 e. The molecule has 0 aliphatic rings. The average Bonchev–Trinajstić information content (AvgIpc) is 2.29. The third kappa shape index (κ3) is 3.27. The van der Waals surface area contributed by atoms with Crippen LogP contribution in [0.2, 0.25) is 0 Å². The van der Waals surface area contributed by atoms with Gasteiger partial charge in [0.05, 0.1) is 15.9 Å². The second-order valence-corrected chi connectivity index (χ2v) is 3.79. The molecule has 0 saturated heterocycles. The Morgan fingerprint density at radius 2 is 2.06 bits per heavy atom. The highest BCUT2D eigenvalue weighted by atomic mass is 16.6. The van der Waals surface area contributed by atoms with Gasteiger partial charge in [-0.05, 0) is 19.4 Å². The molecule has 1 rings (SSSR count). The lowest BCUT2D eigenvalue weighted by Crippen LogP contribution is -2.15. The fraction of sp³-hybridized carbons (Fsp3) is 0.273. The third-order valence-electron chi connectivity index (χ3n) is 2.31. The molecular weight excluding hydrogens is 238 g/mol. The van der Waals surface area contributed by atoms with Crippen molar-refractivity contribution in [2.24, 2.45) is 0 Å². The van der Waals surface area contributed by atoms with Gasteiger partial charge in [0.25, 0.3) is 11.4 Å². The summed E-state index contributed by atoms with van der Waals surface area (Å²) in [5.41, 5.74) is -0.344. The van der Waals surface area contributed by atoms with E-state index in [1.54, 1.807) is 6.08 Å². The van der Waals surface area contributed by atoms with Gasteiger partial charge in [-0.1, -0.05) is 6.08 Å². The fourth-order valence-electron chi connectivity index (χ4n) is 1.48. The van der Waals surface area contributed by atoms with Crippen molar-refractivity contribution in [3.05, 3.63) is 51.1 Å². The quantitative estimate of drug-likeness (QED) is 0.476. The van der Waals surface area contributed by atoms with Crippen molar-refractivity contribution < 1.29 is 9.85 Å². The SMILES string of the molecule is C=CCC(C)Nc1ccc([N+](=O)[O-])cc1[N+](=O)[O-]. The van der Waals surface area contributed by atoms with Gasteiger partial charge in [0.1, 0.15) is 5.69 Å². The Balaban J connectivity index is 3.07. The van der Waals surface area contributed by atoms with Crippen molar-refractivity contribution in [3.8, 4) is 0 Å². The zero-order valence-corrected chi connectivity index (χ0v) is 9.83. The van der Waals surface area contributed by atoms with Gasteiger partial charge in [-0.3, -0.25) is 20.2 Å². The number of benzene rings is 1. The first kappa shape index (κ1) is 13.6. The monoisotopic (exact) mass is 251 g/mol. The van der Waals surface area contributed by atoms with Gasteiger partial charge in [0, 0.05) is 12.1 Å². The second-order valence-electron chi connectivity index (χ2n) is 3.79. The van der Waals surface area contributed by atoms with Crippen LogP contribution in [0.25, 0.3) is 0 Å². The van der Waals surface area contributed by atoms with E-state index >= 15 is 0 Å². The molecule has 96 valence electrons. The molecule has 1 aromatic carbocycles. The normalized spacial score (nSPS) is 11.6. The highest BCUT2D eigenvalue weighted by Gasteiger charge is 2.19. The van der Waals surface area contributed by atoms with Crippen LogP contribution in [0, 0.1) is 20.2 Å². The van der Waals surface area contributed by atoms with Crippen LogP contribution in [-0.4, -0.2) is 15.9 Å². The number of non-ortho nitro benzene ring substituents is 1. The molecule has 0 amide bonds. The van der Waals surface area contributed by atoms with Crippen LogP contribution in [0.5, 0.6) is 0 Å². The van der Waals surface area contributed by atoms with Crippen molar-refractivity contribution in [1.82, 2.24) is 0 Å². The maximum atomic E-state index is 10.9. The van der Waals surface area contributed by atoms with Crippen LogP contribution >= 0.6 is 0 Å². The van der Waals surface area contributed by atoms with Crippen molar-refractivity contribution in [3.63, 3.8) is 0 Å². The lowest BCUT2D eigenvalue weighted by molar-refractivity contribution is -0.393. The number of hydrogen-bond donors (Lipinski definition) is 1. The second kappa shape index (κ2) is 5.76. The molecule has 1 N–H and O–H groups in total. The summed E-state index contributed by atoms with van der Waals surface area (Å²) >= 11 is 0. The van der Waals surface area contributed by atoms with E-state index in [2.05, 4.69) is 11.9 Å². The van der Waals surface area contributed by atoms with Gasteiger partial charge in [-0.25, -0.2) is 0 Å². The number of nitrogens with zero attached hydrogens (tertiary/aromatic N) is 2. The van der Waals surface area contributed by atoms with Crippen LogP contribution in [0.15, 0.2) is 30.9 Å². The van der Waals surface area contributed by atoms with E-state index in [0.29, 0.717) is 6.42 Å². The molecule has 0 aliphatic carbocycles. The smallest absolute Gasteiger partial charge is 0.299 e. The maximum Gasteiger partial charge on any atom is 0.299 e. The minimum absolute atomic E-state index is 0.0392.